The number of rotatable bonds is 8. The fourth-order valence-corrected chi connectivity index (χ4v) is 3.49. The maximum Gasteiger partial charge on any atom is 0.191 e. The average Bonchev–Trinajstić information content (AvgIpc) is 2.65. The SMILES string of the molecule is CCNC(=NCc1cccc(OC)c1)NCc1cc(F)ccc1CS(C)(=O)=O.I. The summed E-state index contributed by atoms with van der Waals surface area (Å²) in [6.45, 7) is 3.29. The molecule has 2 rings (SSSR count). The highest BCUT2D eigenvalue weighted by molar-refractivity contribution is 14.0. The van der Waals surface area contributed by atoms with Crippen LogP contribution in [-0.4, -0.2) is 34.3 Å². The molecule has 9 heteroatoms. The first kappa shape index (κ1) is 25.2. The van der Waals surface area contributed by atoms with E-state index in [1.807, 2.05) is 31.2 Å². The zero-order valence-electron chi connectivity index (χ0n) is 16.7. The first-order valence-electron chi connectivity index (χ1n) is 8.91. The Morgan fingerprint density at radius 3 is 2.55 bits per heavy atom. The van der Waals surface area contributed by atoms with Crippen molar-refractivity contribution >= 4 is 39.8 Å². The Morgan fingerprint density at radius 2 is 1.90 bits per heavy atom. The van der Waals surface area contributed by atoms with Gasteiger partial charge in [-0.3, -0.25) is 0 Å². The molecule has 2 aromatic rings. The van der Waals surface area contributed by atoms with Gasteiger partial charge in [0.25, 0.3) is 0 Å². The molecule has 0 aliphatic carbocycles. The molecule has 0 saturated carbocycles. The molecule has 0 bridgehead atoms. The van der Waals surface area contributed by atoms with Gasteiger partial charge in [0.1, 0.15) is 11.6 Å². The number of nitrogens with one attached hydrogen (secondary N) is 2. The Morgan fingerprint density at radius 1 is 1.14 bits per heavy atom. The number of guanidine groups is 1. The lowest BCUT2D eigenvalue weighted by atomic mass is 10.1. The molecule has 2 N–H and O–H groups in total. The predicted octanol–water partition coefficient (Wildman–Crippen LogP) is 3.25. The van der Waals surface area contributed by atoms with Crippen molar-refractivity contribution in [1.29, 1.82) is 0 Å². The number of halogens is 2. The zero-order chi connectivity index (χ0) is 20.6. The lowest BCUT2D eigenvalue weighted by molar-refractivity contribution is 0.414. The van der Waals surface area contributed by atoms with Crippen LogP contribution in [-0.2, 0) is 28.7 Å². The van der Waals surface area contributed by atoms with Gasteiger partial charge < -0.3 is 15.4 Å². The normalized spacial score (nSPS) is 11.5. The summed E-state index contributed by atoms with van der Waals surface area (Å²) in [7, 11) is -1.61. The number of sulfone groups is 1. The summed E-state index contributed by atoms with van der Waals surface area (Å²) in [5.74, 6) is 0.769. The van der Waals surface area contributed by atoms with E-state index < -0.39 is 15.7 Å². The number of aliphatic imine (C=N–C) groups is 1. The molecular formula is C20H27FIN3O3S. The third kappa shape index (κ3) is 8.99. The van der Waals surface area contributed by atoms with E-state index in [1.165, 1.54) is 18.2 Å². The molecule has 29 heavy (non-hydrogen) atoms. The Kier molecular flexibility index (Phi) is 10.4. The van der Waals surface area contributed by atoms with E-state index in [9.17, 15) is 12.8 Å². The summed E-state index contributed by atoms with van der Waals surface area (Å²) >= 11 is 0. The van der Waals surface area contributed by atoms with Crippen LogP contribution in [0.15, 0.2) is 47.5 Å². The number of methoxy groups -OCH3 is 1. The summed E-state index contributed by atoms with van der Waals surface area (Å²) in [5.41, 5.74) is 2.14. The van der Waals surface area contributed by atoms with E-state index >= 15 is 0 Å². The van der Waals surface area contributed by atoms with Gasteiger partial charge in [0.15, 0.2) is 15.8 Å². The van der Waals surface area contributed by atoms with Gasteiger partial charge in [0, 0.05) is 19.3 Å². The molecule has 2 aromatic carbocycles. The minimum absolute atomic E-state index is 0. The van der Waals surface area contributed by atoms with Crippen LogP contribution in [0.3, 0.4) is 0 Å². The third-order valence-electron chi connectivity index (χ3n) is 3.93. The van der Waals surface area contributed by atoms with Crippen LogP contribution in [0.25, 0.3) is 0 Å². The smallest absolute Gasteiger partial charge is 0.191 e. The van der Waals surface area contributed by atoms with Gasteiger partial charge in [-0.15, -0.1) is 24.0 Å². The third-order valence-corrected chi connectivity index (χ3v) is 4.77. The van der Waals surface area contributed by atoms with Crippen molar-refractivity contribution in [3.63, 3.8) is 0 Å². The maximum absolute atomic E-state index is 13.7. The number of ether oxygens (including phenoxy) is 1. The van der Waals surface area contributed by atoms with Crippen LogP contribution in [0.5, 0.6) is 5.75 Å². The second kappa shape index (κ2) is 12.0. The van der Waals surface area contributed by atoms with Crippen molar-refractivity contribution in [1.82, 2.24) is 10.6 Å². The van der Waals surface area contributed by atoms with Gasteiger partial charge in [-0.25, -0.2) is 17.8 Å². The highest BCUT2D eigenvalue weighted by atomic mass is 127. The molecule has 160 valence electrons. The summed E-state index contributed by atoms with van der Waals surface area (Å²) < 4.78 is 42.1. The largest absolute Gasteiger partial charge is 0.497 e. The molecule has 0 fully saturated rings. The van der Waals surface area contributed by atoms with Crippen LogP contribution in [0.1, 0.15) is 23.6 Å². The van der Waals surface area contributed by atoms with E-state index in [4.69, 9.17) is 4.74 Å². The summed E-state index contributed by atoms with van der Waals surface area (Å²) in [5, 5.41) is 6.27. The Labute approximate surface area is 188 Å². The summed E-state index contributed by atoms with van der Waals surface area (Å²) in [6, 6.07) is 11.7. The van der Waals surface area contributed by atoms with Crippen LogP contribution in [0.4, 0.5) is 4.39 Å². The first-order chi connectivity index (χ1) is 13.3. The summed E-state index contributed by atoms with van der Waals surface area (Å²) in [4.78, 5) is 4.53. The molecule has 0 saturated heterocycles. The zero-order valence-corrected chi connectivity index (χ0v) is 19.9. The van der Waals surface area contributed by atoms with Crippen LogP contribution < -0.4 is 15.4 Å². The topological polar surface area (TPSA) is 79.8 Å². The molecule has 0 aliphatic heterocycles. The van der Waals surface area contributed by atoms with Gasteiger partial charge in [0.05, 0.1) is 19.4 Å². The molecular weight excluding hydrogens is 508 g/mol. The Bertz CT molecular complexity index is 936. The number of hydrogen-bond donors (Lipinski definition) is 2. The van der Waals surface area contributed by atoms with Gasteiger partial charge in [-0.05, 0) is 47.9 Å². The van der Waals surface area contributed by atoms with E-state index in [2.05, 4.69) is 15.6 Å². The van der Waals surface area contributed by atoms with Crippen molar-refractivity contribution in [2.75, 3.05) is 19.9 Å². The van der Waals surface area contributed by atoms with E-state index in [-0.39, 0.29) is 36.3 Å². The molecule has 6 nitrogen and oxygen atoms in total. The Hall–Kier alpha value is -1.88. The fourth-order valence-electron chi connectivity index (χ4n) is 2.64. The minimum Gasteiger partial charge on any atom is -0.497 e. The van der Waals surface area contributed by atoms with Crippen molar-refractivity contribution in [2.24, 2.45) is 4.99 Å². The van der Waals surface area contributed by atoms with E-state index in [0.717, 1.165) is 17.6 Å². The monoisotopic (exact) mass is 535 g/mol. The molecule has 0 aliphatic rings. The fraction of sp³-hybridized carbons (Fsp3) is 0.350. The molecule has 0 amide bonds. The molecule has 0 unspecified atom stereocenters. The maximum atomic E-state index is 13.7. The second-order valence-electron chi connectivity index (χ2n) is 6.38. The number of nitrogens with zero attached hydrogens (tertiary/aromatic N) is 1. The standard InChI is InChI=1S/C20H26FN3O3S.HI/c1-4-22-20(23-12-15-6-5-7-19(10-15)27-2)24-13-17-11-18(21)9-8-16(17)14-28(3,25)26;/h5-11H,4,12-14H2,1-3H3,(H2,22,23,24);1H. The minimum atomic E-state index is -3.22. The lowest BCUT2D eigenvalue weighted by Crippen LogP contribution is -2.37. The van der Waals surface area contributed by atoms with Crippen LogP contribution in [0.2, 0.25) is 0 Å². The Balaban J connectivity index is 0.00000420. The molecule has 0 aromatic heterocycles. The average molecular weight is 535 g/mol. The van der Waals surface area contributed by atoms with E-state index in [0.29, 0.717) is 30.2 Å². The second-order valence-corrected chi connectivity index (χ2v) is 8.52. The van der Waals surface area contributed by atoms with Crippen molar-refractivity contribution in [3.8, 4) is 5.75 Å². The van der Waals surface area contributed by atoms with Gasteiger partial charge in [0.2, 0.25) is 0 Å². The molecule has 0 radical (unpaired) electrons. The summed E-state index contributed by atoms with van der Waals surface area (Å²) in [6.07, 6.45) is 1.16. The highest BCUT2D eigenvalue weighted by Gasteiger charge is 2.11. The van der Waals surface area contributed by atoms with E-state index in [1.54, 1.807) is 7.11 Å². The number of hydrogen-bond acceptors (Lipinski definition) is 4. The van der Waals surface area contributed by atoms with Crippen LogP contribution >= 0.6 is 24.0 Å². The van der Waals surface area contributed by atoms with Gasteiger partial charge in [-0.2, -0.15) is 0 Å². The number of benzene rings is 2. The van der Waals surface area contributed by atoms with Crippen molar-refractivity contribution in [3.05, 3.63) is 65.0 Å². The molecule has 0 spiro atoms. The lowest BCUT2D eigenvalue weighted by Gasteiger charge is -2.14. The molecule has 0 heterocycles. The van der Waals surface area contributed by atoms with Gasteiger partial charge >= 0.3 is 0 Å². The highest BCUT2D eigenvalue weighted by Crippen LogP contribution is 2.15. The first-order valence-corrected chi connectivity index (χ1v) is 11.0. The quantitative estimate of drug-likeness (QED) is 0.308. The van der Waals surface area contributed by atoms with Crippen LogP contribution in [0, 0.1) is 5.82 Å². The van der Waals surface area contributed by atoms with Crippen molar-refractivity contribution < 1.29 is 17.5 Å². The predicted molar refractivity (Wildman–Crippen MR) is 125 cm³/mol. The van der Waals surface area contributed by atoms with Gasteiger partial charge in [-0.1, -0.05) is 18.2 Å². The van der Waals surface area contributed by atoms with Crippen molar-refractivity contribution in [2.45, 2.75) is 25.8 Å². The molecule has 0 atom stereocenters.